The van der Waals surface area contributed by atoms with E-state index < -0.39 is 0 Å². The van der Waals surface area contributed by atoms with E-state index >= 15 is 0 Å². The fraction of sp³-hybridized carbons (Fsp3) is 0.667. The van der Waals surface area contributed by atoms with Gasteiger partial charge in [0.15, 0.2) is 0 Å². The van der Waals surface area contributed by atoms with E-state index in [0.717, 1.165) is 5.70 Å². The van der Waals surface area contributed by atoms with E-state index in [9.17, 15) is 0 Å². The molecule has 0 radical (unpaired) electrons. The highest BCUT2D eigenvalue weighted by Gasteiger charge is 2.24. The SMILES string of the molecule is C=C/C=C(/NC)C(C)[C@@H](C)[C@H](C)N(C)N=N. The van der Waals surface area contributed by atoms with E-state index in [1.807, 2.05) is 20.2 Å². The molecule has 0 fully saturated rings. The molecule has 0 aliphatic heterocycles. The van der Waals surface area contributed by atoms with Crippen molar-refractivity contribution in [3.8, 4) is 0 Å². The molecule has 0 saturated heterocycles. The van der Waals surface area contributed by atoms with E-state index in [1.165, 1.54) is 0 Å². The molecule has 0 aromatic heterocycles. The van der Waals surface area contributed by atoms with Crippen LogP contribution in [0.1, 0.15) is 20.8 Å². The molecular formula is C12H24N4. The normalized spacial score (nSPS) is 17.2. The van der Waals surface area contributed by atoms with Crippen LogP contribution in [0.3, 0.4) is 0 Å². The third kappa shape index (κ3) is 3.68. The van der Waals surface area contributed by atoms with Gasteiger partial charge in [0.1, 0.15) is 0 Å². The standard InChI is InChI=1S/C12H24N4/c1-7-8-12(14-5)10(3)9(2)11(4)16(6)15-13/h7-11,13-14H,1H2,2-6H3/b12-8+,15-13?/t9-,10?,11+/m1/s1. The number of hydrogen-bond acceptors (Lipinski definition) is 3. The summed E-state index contributed by atoms with van der Waals surface area (Å²) >= 11 is 0. The van der Waals surface area contributed by atoms with Crippen LogP contribution < -0.4 is 5.32 Å². The predicted octanol–water partition coefficient (Wildman–Crippen LogP) is 2.81. The van der Waals surface area contributed by atoms with Crippen molar-refractivity contribution in [1.29, 1.82) is 5.53 Å². The summed E-state index contributed by atoms with van der Waals surface area (Å²) in [7, 11) is 3.75. The molecule has 0 spiro atoms. The van der Waals surface area contributed by atoms with Gasteiger partial charge < -0.3 is 5.32 Å². The molecule has 1 unspecified atom stereocenters. The fourth-order valence-electron chi connectivity index (χ4n) is 1.72. The quantitative estimate of drug-likeness (QED) is 0.397. The molecule has 0 aliphatic rings. The Balaban J connectivity index is 4.70. The largest absolute Gasteiger partial charge is 0.391 e. The van der Waals surface area contributed by atoms with Crippen LogP contribution in [0.25, 0.3) is 0 Å². The van der Waals surface area contributed by atoms with Crippen LogP contribution >= 0.6 is 0 Å². The van der Waals surface area contributed by atoms with Crippen molar-refractivity contribution < 1.29 is 0 Å². The van der Waals surface area contributed by atoms with Crippen molar-refractivity contribution in [2.75, 3.05) is 14.1 Å². The van der Waals surface area contributed by atoms with Crippen molar-refractivity contribution in [1.82, 2.24) is 10.3 Å². The number of rotatable bonds is 7. The average Bonchev–Trinajstić information content (AvgIpc) is 2.32. The molecule has 0 aliphatic carbocycles. The molecule has 0 aromatic carbocycles. The number of allylic oxidation sites excluding steroid dienone is 3. The third-order valence-corrected chi connectivity index (χ3v) is 3.37. The first-order valence-electron chi connectivity index (χ1n) is 5.60. The number of nitrogens with one attached hydrogen (secondary N) is 2. The van der Waals surface area contributed by atoms with Gasteiger partial charge in [-0.3, -0.25) is 5.01 Å². The second-order valence-electron chi connectivity index (χ2n) is 4.17. The van der Waals surface area contributed by atoms with Crippen molar-refractivity contribution in [2.24, 2.45) is 17.1 Å². The Morgan fingerprint density at radius 1 is 1.44 bits per heavy atom. The van der Waals surface area contributed by atoms with Crippen molar-refractivity contribution in [3.63, 3.8) is 0 Å². The first kappa shape index (κ1) is 14.7. The van der Waals surface area contributed by atoms with Gasteiger partial charge in [0, 0.05) is 31.8 Å². The smallest absolute Gasteiger partial charge is 0.0487 e. The molecule has 3 atom stereocenters. The highest BCUT2D eigenvalue weighted by atomic mass is 15.5. The lowest BCUT2D eigenvalue weighted by atomic mass is 9.87. The average molecular weight is 224 g/mol. The third-order valence-electron chi connectivity index (χ3n) is 3.37. The molecule has 92 valence electrons. The lowest BCUT2D eigenvalue weighted by Gasteiger charge is -2.31. The minimum Gasteiger partial charge on any atom is -0.391 e. The van der Waals surface area contributed by atoms with E-state index in [1.54, 1.807) is 11.1 Å². The monoisotopic (exact) mass is 224 g/mol. The summed E-state index contributed by atoms with van der Waals surface area (Å²) in [5.41, 5.74) is 8.17. The van der Waals surface area contributed by atoms with Gasteiger partial charge in [-0.1, -0.05) is 31.7 Å². The Hall–Kier alpha value is -1.32. The second-order valence-corrected chi connectivity index (χ2v) is 4.17. The Kier molecular flexibility index (Phi) is 6.46. The van der Waals surface area contributed by atoms with Crippen LogP contribution in [0.4, 0.5) is 0 Å². The maximum absolute atomic E-state index is 7.01. The van der Waals surface area contributed by atoms with Gasteiger partial charge in [-0.05, 0) is 18.9 Å². The second kappa shape index (κ2) is 7.04. The topological polar surface area (TPSA) is 51.5 Å². The van der Waals surface area contributed by atoms with Gasteiger partial charge in [0.05, 0.1) is 0 Å². The van der Waals surface area contributed by atoms with Crippen LogP contribution in [-0.2, 0) is 0 Å². The predicted molar refractivity (Wildman–Crippen MR) is 68.0 cm³/mol. The zero-order chi connectivity index (χ0) is 12.7. The fourth-order valence-corrected chi connectivity index (χ4v) is 1.72. The molecule has 16 heavy (non-hydrogen) atoms. The zero-order valence-corrected chi connectivity index (χ0v) is 11.0. The van der Waals surface area contributed by atoms with E-state index in [0.29, 0.717) is 11.8 Å². The van der Waals surface area contributed by atoms with E-state index in [2.05, 4.69) is 37.9 Å². The minimum absolute atomic E-state index is 0.231. The summed E-state index contributed by atoms with van der Waals surface area (Å²) in [6, 6.07) is 0.231. The minimum atomic E-state index is 0.231. The maximum Gasteiger partial charge on any atom is 0.0487 e. The summed E-state index contributed by atoms with van der Waals surface area (Å²) < 4.78 is 0. The molecule has 0 rings (SSSR count). The Morgan fingerprint density at radius 3 is 2.38 bits per heavy atom. The van der Waals surface area contributed by atoms with Crippen molar-refractivity contribution in [3.05, 3.63) is 24.4 Å². The molecule has 0 amide bonds. The zero-order valence-electron chi connectivity index (χ0n) is 11.0. The molecule has 0 aromatic rings. The molecule has 4 heteroatoms. The van der Waals surface area contributed by atoms with Gasteiger partial charge in [-0.25, -0.2) is 0 Å². The molecule has 4 nitrogen and oxygen atoms in total. The van der Waals surface area contributed by atoms with Crippen LogP contribution in [0, 0.1) is 17.4 Å². The maximum atomic E-state index is 7.01. The summed E-state index contributed by atoms with van der Waals surface area (Å²) in [4.78, 5) is 0. The molecule has 0 heterocycles. The first-order valence-corrected chi connectivity index (χ1v) is 5.60. The lowest BCUT2D eigenvalue weighted by molar-refractivity contribution is 0.162. The summed E-state index contributed by atoms with van der Waals surface area (Å²) in [5.74, 6) is 0.778. The molecule has 0 saturated carbocycles. The Labute approximate surface area is 98.9 Å². The lowest BCUT2D eigenvalue weighted by Crippen LogP contribution is -2.35. The molecular weight excluding hydrogens is 200 g/mol. The first-order chi connectivity index (χ1) is 7.49. The van der Waals surface area contributed by atoms with Gasteiger partial charge >= 0.3 is 0 Å². The van der Waals surface area contributed by atoms with Gasteiger partial charge in [0.25, 0.3) is 0 Å². The van der Waals surface area contributed by atoms with Crippen molar-refractivity contribution >= 4 is 0 Å². The van der Waals surface area contributed by atoms with Crippen LogP contribution in [0.2, 0.25) is 0 Å². The van der Waals surface area contributed by atoms with Crippen LogP contribution in [-0.4, -0.2) is 25.1 Å². The van der Waals surface area contributed by atoms with E-state index in [4.69, 9.17) is 5.53 Å². The summed E-state index contributed by atoms with van der Waals surface area (Å²) in [6.07, 6.45) is 3.78. The van der Waals surface area contributed by atoms with Gasteiger partial charge in [0.2, 0.25) is 0 Å². The molecule has 2 N–H and O–H groups in total. The Bertz CT molecular complexity index is 260. The molecule has 0 bridgehead atoms. The number of nitrogens with zero attached hydrogens (tertiary/aromatic N) is 2. The van der Waals surface area contributed by atoms with Gasteiger partial charge in [-0.15, -0.1) is 0 Å². The van der Waals surface area contributed by atoms with E-state index in [-0.39, 0.29) is 6.04 Å². The summed E-state index contributed by atoms with van der Waals surface area (Å²) in [6.45, 7) is 10.1. The Morgan fingerprint density at radius 2 is 2.00 bits per heavy atom. The number of hydrogen-bond donors (Lipinski definition) is 2. The van der Waals surface area contributed by atoms with Crippen molar-refractivity contribution in [2.45, 2.75) is 26.8 Å². The van der Waals surface area contributed by atoms with Crippen LogP contribution in [0.15, 0.2) is 29.7 Å². The highest BCUT2D eigenvalue weighted by Crippen LogP contribution is 2.24. The van der Waals surface area contributed by atoms with Gasteiger partial charge in [-0.2, -0.15) is 5.53 Å². The highest BCUT2D eigenvalue weighted by molar-refractivity contribution is 5.12. The summed E-state index contributed by atoms with van der Waals surface area (Å²) in [5, 5.41) is 8.32. The van der Waals surface area contributed by atoms with Crippen LogP contribution in [0.5, 0.6) is 0 Å².